The monoisotopic (exact) mass is 202 g/mol. The number of hydrogen-bond acceptors (Lipinski definition) is 0. The van der Waals surface area contributed by atoms with Gasteiger partial charge in [0.15, 0.2) is 0 Å². The van der Waals surface area contributed by atoms with Crippen molar-refractivity contribution in [1.29, 1.82) is 0 Å². The van der Waals surface area contributed by atoms with E-state index < -0.39 is 0 Å². The highest BCUT2D eigenvalue weighted by Crippen LogP contribution is 2.11. The van der Waals surface area contributed by atoms with Gasteiger partial charge in [0.2, 0.25) is 0 Å². The average Bonchev–Trinajstić information content (AvgIpc) is 2.18. The fourth-order valence-corrected chi connectivity index (χ4v) is 0.911. The zero-order chi connectivity index (χ0) is 11.8. The van der Waals surface area contributed by atoms with Crippen molar-refractivity contribution in [3.63, 3.8) is 0 Å². The molecule has 0 nitrogen and oxygen atoms in total. The summed E-state index contributed by atoms with van der Waals surface area (Å²) in [5.74, 6) is 0. The molecule has 0 bridgehead atoms. The van der Waals surface area contributed by atoms with E-state index in [0.717, 1.165) is 12.0 Å². The fraction of sp³-hybridized carbons (Fsp3) is 0.333. The zero-order valence-electron chi connectivity index (χ0n) is 10.4. The van der Waals surface area contributed by atoms with E-state index in [1.165, 1.54) is 16.7 Å². The Morgan fingerprint density at radius 1 is 1.20 bits per heavy atom. The van der Waals surface area contributed by atoms with Crippen molar-refractivity contribution >= 4 is 5.57 Å². The molecule has 1 aromatic carbocycles. The third-order valence-corrected chi connectivity index (χ3v) is 2.11. The summed E-state index contributed by atoms with van der Waals surface area (Å²) < 4.78 is 0. The molecule has 0 aliphatic rings. The molecule has 0 saturated heterocycles. The van der Waals surface area contributed by atoms with Crippen molar-refractivity contribution in [2.75, 3.05) is 0 Å². The van der Waals surface area contributed by atoms with Crippen LogP contribution < -0.4 is 0 Å². The van der Waals surface area contributed by atoms with Crippen LogP contribution >= 0.6 is 0 Å². The maximum atomic E-state index is 3.87. The lowest BCUT2D eigenvalue weighted by Gasteiger charge is -1.98. The first-order valence-corrected chi connectivity index (χ1v) is 5.34. The van der Waals surface area contributed by atoms with Gasteiger partial charge in [0.25, 0.3) is 0 Å². The maximum absolute atomic E-state index is 3.87. The summed E-state index contributed by atoms with van der Waals surface area (Å²) in [7, 11) is 0. The molecule has 0 aromatic heterocycles. The minimum Gasteiger partial charge on any atom is -0.100 e. The average molecular weight is 202 g/mol. The first-order chi connectivity index (χ1) is 6.97. The normalized spacial score (nSPS) is 8.80. The quantitative estimate of drug-likeness (QED) is 0.592. The smallest absolute Gasteiger partial charge is 0.0231 e. The molecule has 0 aliphatic heterocycles. The molecule has 1 rings (SSSR count). The van der Waals surface area contributed by atoms with Crippen LogP contribution in [0.25, 0.3) is 5.57 Å². The van der Waals surface area contributed by atoms with Crippen molar-refractivity contribution in [1.82, 2.24) is 0 Å². The molecule has 0 heteroatoms. The SMILES string of the molecule is C=C(C)CC.C=C(C)c1cccc(C)c1. The second-order valence-electron chi connectivity index (χ2n) is 3.96. The minimum absolute atomic E-state index is 1.11. The summed E-state index contributed by atoms with van der Waals surface area (Å²) in [5.41, 5.74) is 4.91. The standard InChI is InChI=1S/C10H12.C5H10/c1-8(2)10-6-4-5-9(3)7-10;1-4-5(2)3/h4-7H,1H2,2-3H3;2,4H2,1,3H3. The van der Waals surface area contributed by atoms with Gasteiger partial charge in [-0.25, -0.2) is 0 Å². The predicted molar refractivity (Wildman–Crippen MR) is 71.0 cm³/mol. The van der Waals surface area contributed by atoms with Crippen LogP contribution in [0.4, 0.5) is 0 Å². The predicted octanol–water partition coefficient (Wildman–Crippen LogP) is 5.00. The molecule has 0 radical (unpaired) electrons. The van der Waals surface area contributed by atoms with Gasteiger partial charge in [0.05, 0.1) is 0 Å². The van der Waals surface area contributed by atoms with Gasteiger partial charge in [-0.1, -0.05) is 54.5 Å². The van der Waals surface area contributed by atoms with Gasteiger partial charge in [-0.2, -0.15) is 0 Å². The minimum atomic E-state index is 1.11. The Labute approximate surface area is 94.3 Å². The Kier molecular flexibility index (Phi) is 6.44. The molecule has 0 spiro atoms. The summed E-state index contributed by atoms with van der Waals surface area (Å²) >= 11 is 0. The second kappa shape index (κ2) is 7.05. The van der Waals surface area contributed by atoms with Crippen LogP contribution in [0.3, 0.4) is 0 Å². The van der Waals surface area contributed by atoms with Crippen LogP contribution in [-0.4, -0.2) is 0 Å². The van der Waals surface area contributed by atoms with E-state index in [2.05, 4.69) is 51.3 Å². The lowest BCUT2D eigenvalue weighted by atomic mass is 10.1. The lowest BCUT2D eigenvalue weighted by Crippen LogP contribution is -1.77. The van der Waals surface area contributed by atoms with Crippen LogP contribution in [0.2, 0.25) is 0 Å². The van der Waals surface area contributed by atoms with Crippen molar-refractivity contribution in [2.24, 2.45) is 0 Å². The molecule has 0 amide bonds. The van der Waals surface area contributed by atoms with Crippen molar-refractivity contribution in [3.8, 4) is 0 Å². The Morgan fingerprint density at radius 2 is 1.73 bits per heavy atom. The molecule has 0 unspecified atom stereocenters. The molecule has 0 heterocycles. The van der Waals surface area contributed by atoms with E-state index in [9.17, 15) is 0 Å². The van der Waals surface area contributed by atoms with Gasteiger partial charge in [0.1, 0.15) is 0 Å². The van der Waals surface area contributed by atoms with Crippen LogP contribution in [0, 0.1) is 6.92 Å². The zero-order valence-corrected chi connectivity index (χ0v) is 10.4. The number of benzene rings is 1. The van der Waals surface area contributed by atoms with Gasteiger partial charge in [-0.15, -0.1) is 6.58 Å². The molecular formula is C15H22. The highest BCUT2D eigenvalue weighted by molar-refractivity contribution is 5.61. The Bertz CT molecular complexity index is 332. The Balaban J connectivity index is 0.000000336. The van der Waals surface area contributed by atoms with E-state index in [4.69, 9.17) is 0 Å². The summed E-state index contributed by atoms with van der Waals surface area (Å²) in [6, 6.07) is 8.36. The molecule has 0 fully saturated rings. The summed E-state index contributed by atoms with van der Waals surface area (Å²) in [5, 5.41) is 0. The fourth-order valence-electron chi connectivity index (χ4n) is 0.911. The number of rotatable bonds is 2. The highest BCUT2D eigenvalue weighted by Gasteiger charge is 1.90. The van der Waals surface area contributed by atoms with Gasteiger partial charge in [-0.3, -0.25) is 0 Å². The largest absolute Gasteiger partial charge is 0.100 e. The third kappa shape index (κ3) is 6.73. The Morgan fingerprint density at radius 3 is 2.00 bits per heavy atom. The Hall–Kier alpha value is -1.30. The van der Waals surface area contributed by atoms with Gasteiger partial charge < -0.3 is 0 Å². The van der Waals surface area contributed by atoms with Crippen molar-refractivity contribution in [2.45, 2.75) is 34.1 Å². The first kappa shape index (κ1) is 13.7. The number of allylic oxidation sites excluding steroid dienone is 2. The molecule has 82 valence electrons. The molecular weight excluding hydrogens is 180 g/mol. The summed E-state index contributed by atoms with van der Waals surface area (Å²) in [6.45, 7) is 15.8. The van der Waals surface area contributed by atoms with Crippen molar-refractivity contribution in [3.05, 3.63) is 54.1 Å². The van der Waals surface area contributed by atoms with Crippen LogP contribution in [-0.2, 0) is 0 Å². The van der Waals surface area contributed by atoms with E-state index >= 15 is 0 Å². The van der Waals surface area contributed by atoms with Gasteiger partial charge in [-0.05, 0) is 32.8 Å². The molecule has 15 heavy (non-hydrogen) atoms. The van der Waals surface area contributed by atoms with Crippen LogP contribution in [0.1, 0.15) is 38.3 Å². The molecule has 1 aromatic rings. The van der Waals surface area contributed by atoms with Crippen molar-refractivity contribution < 1.29 is 0 Å². The van der Waals surface area contributed by atoms with Crippen LogP contribution in [0.5, 0.6) is 0 Å². The first-order valence-electron chi connectivity index (χ1n) is 5.34. The van der Waals surface area contributed by atoms with E-state index in [-0.39, 0.29) is 0 Å². The number of hydrogen-bond donors (Lipinski definition) is 0. The number of aryl methyl sites for hydroxylation is 1. The summed E-state index contributed by atoms with van der Waals surface area (Å²) in [4.78, 5) is 0. The maximum Gasteiger partial charge on any atom is -0.0231 e. The summed E-state index contributed by atoms with van der Waals surface area (Å²) in [6.07, 6.45) is 1.11. The molecule has 0 N–H and O–H groups in total. The third-order valence-electron chi connectivity index (χ3n) is 2.11. The highest BCUT2D eigenvalue weighted by atomic mass is 14.0. The van der Waals surface area contributed by atoms with Crippen LogP contribution in [0.15, 0.2) is 43.0 Å². The van der Waals surface area contributed by atoms with E-state index in [1.807, 2.05) is 13.8 Å². The lowest BCUT2D eigenvalue weighted by molar-refractivity contribution is 1.11. The molecule has 0 atom stereocenters. The topological polar surface area (TPSA) is 0 Å². The molecule has 0 aliphatic carbocycles. The van der Waals surface area contributed by atoms with Gasteiger partial charge >= 0.3 is 0 Å². The molecule has 0 saturated carbocycles. The van der Waals surface area contributed by atoms with E-state index in [0.29, 0.717) is 0 Å². The van der Waals surface area contributed by atoms with E-state index in [1.54, 1.807) is 0 Å². The van der Waals surface area contributed by atoms with Gasteiger partial charge in [0, 0.05) is 0 Å². The second-order valence-corrected chi connectivity index (χ2v) is 3.96.